The maximum absolute atomic E-state index is 11.6. The van der Waals surface area contributed by atoms with Crippen molar-refractivity contribution in [2.45, 2.75) is 19.3 Å². The van der Waals surface area contributed by atoms with Gasteiger partial charge in [-0.05, 0) is 50.2 Å². The molecule has 0 atom stereocenters. The van der Waals surface area contributed by atoms with Crippen LogP contribution in [0.3, 0.4) is 0 Å². The van der Waals surface area contributed by atoms with Gasteiger partial charge in [0.05, 0.1) is 0 Å². The molecule has 1 aliphatic carbocycles. The van der Waals surface area contributed by atoms with E-state index in [0.717, 1.165) is 27.6 Å². The van der Waals surface area contributed by atoms with Crippen LogP contribution in [0.25, 0.3) is 65.7 Å². The second kappa shape index (κ2) is 9.37. The monoisotopic (exact) mass is 624 g/mol. The molecule has 0 heterocycles. The fourth-order valence-corrected chi connectivity index (χ4v) is 7.48. The zero-order chi connectivity index (χ0) is 33.1. The lowest BCUT2D eigenvalue weighted by Crippen LogP contribution is -2.14. The van der Waals surface area contributed by atoms with Crippen LogP contribution in [0.2, 0.25) is 0 Å². The zero-order valence-corrected chi connectivity index (χ0v) is 25.2. The molecule has 1 aliphatic rings. The smallest absolute Gasteiger partial charge is 0.204 e. The number of benzene rings is 7. The van der Waals surface area contributed by atoms with Crippen molar-refractivity contribution >= 4 is 32.3 Å². The van der Waals surface area contributed by atoms with Gasteiger partial charge in [0.25, 0.3) is 0 Å². The Labute approximate surface area is 267 Å². The van der Waals surface area contributed by atoms with Gasteiger partial charge in [0.2, 0.25) is 23.0 Å². The molecule has 7 aromatic rings. The summed E-state index contributed by atoms with van der Waals surface area (Å²) in [6, 6.07) is 26.0. The first-order valence-electron chi connectivity index (χ1n) is 14.9. The minimum Gasteiger partial charge on any atom is -0.504 e. The second-order valence-electron chi connectivity index (χ2n) is 12.5. The first kappa shape index (κ1) is 28.2. The van der Waals surface area contributed by atoms with Crippen LogP contribution in [0.1, 0.15) is 25.0 Å². The molecule has 8 nitrogen and oxygen atoms in total. The Kier molecular flexibility index (Phi) is 5.62. The third kappa shape index (κ3) is 3.52. The van der Waals surface area contributed by atoms with Crippen LogP contribution in [-0.4, -0.2) is 40.9 Å². The van der Waals surface area contributed by atoms with Crippen LogP contribution in [0, 0.1) is 0 Å². The van der Waals surface area contributed by atoms with Gasteiger partial charge in [0, 0.05) is 38.1 Å². The fourth-order valence-electron chi connectivity index (χ4n) is 7.48. The fraction of sp³-hybridized carbons (Fsp3) is 0.0769. The van der Waals surface area contributed by atoms with E-state index in [-0.39, 0.29) is 32.7 Å². The summed E-state index contributed by atoms with van der Waals surface area (Å²) in [4.78, 5) is 0. The first-order chi connectivity index (χ1) is 22.4. The van der Waals surface area contributed by atoms with E-state index in [0.29, 0.717) is 16.5 Å². The van der Waals surface area contributed by atoms with Crippen molar-refractivity contribution in [1.29, 1.82) is 0 Å². The van der Waals surface area contributed by atoms with Crippen molar-refractivity contribution < 1.29 is 40.9 Å². The summed E-state index contributed by atoms with van der Waals surface area (Å²) in [5, 5.41) is 90.6. The number of rotatable bonds is 2. The number of phenols is 8. The summed E-state index contributed by atoms with van der Waals surface area (Å²) in [6.07, 6.45) is 0. The SMILES string of the molecule is CC1(C)c2ccccc2-c2ccc(-c3c4c(O)c(O)c(O)c(O)c4c(-c4cccc5ccccc45)c4c(O)c(O)c(O)c(O)c34)cc21. The topological polar surface area (TPSA) is 162 Å². The lowest BCUT2D eigenvalue weighted by Gasteiger charge is -2.24. The van der Waals surface area contributed by atoms with Gasteiger partial charge in [0.15, 0.2) is 23.0 Å². The van der Waals surface area contributed by atoms with Crippen LogP contribution in [-0.2, 0) is 5.41 Å². The Balaban J connectivity index is 1.65. The Morgan fingerprint density at radius 1 is 0.404 bits per heavy atom. The lowest BCUT2D eigenvalue weighted by atomic mass is 9.79. The van der Waals surface area contributed by atoms with Crippen LogP contribution in [0.15, 0.2) is 84.9 Å². The molecule has 7 aromatic carbocycles. The highest BCUT2D eigenvalue weighted by atomic mass is 16.4. The van der Waals surface area contributed by atoms with Crippen LogP contribution >= 0.6 is 0 Å². The molecular formula is C39H28O8. The summed E-state index contributed by atoms with van der Waals surface area (Å²) < 4.78 is 0. The van der Waals surface area contributed by atoms with Gasteiger partial charge < -0.3 is 40.9 Å². The highest BCUT2D eigenvalue weighted by molar-refractivity contribution is 6.30. The Morgan fingerprint density at radius 3 is 1.49 bits per heavy atom. The predicted octanol–water partition coefficient (Wildman–Crippen LogP) is 8.43. The van der Waals surface area contributed by atoms with Crippen LogP contribution < -0.4 is 0 Å². The number of hydrogen-bond donors (Lipinski definition) is 8. The summed E-state index contributed by atoms with van der Waals surface area (Å²) >= 11 is 0. The van der Waals surface area contributed by atoms with E-state index in [2.05, 4.69) is 13.8 Å². The van der Waals surface area contributed by atoms with Gasteiger partial charge in [-0.25, -0.2) is 0 Å². The molecule has 0 aliphatic heterocycles. The molecular weight excluding hydrogens is 596 g/mol. The highest BCUT2D eigenvalue weighted by Crippen LogP contribution is 2.62. The Bertz CT molecular complexity index is 2440. The quantitative estimate of drug-likeness (QED) is 0.0540. The van der Waals surface area contributed by atoms with E-state index in [1.165, 1.54) is 0 Å². The van der Waals surface area contributed by atoms with Gasteiger partial charge in [-0.15, -0.1) is 0 Å². The van der Waals surface area contributed by atoms with Crippen molar-refractivity contribution in [1.82, 2.24) is 0 Å². The average Bonchev–Trinajstić information content (AvgIpc) is 3.32. The van der Waals surface area contributed by atoms with Gasteiger partial charge in [-0.1, -0.05) is 92.7 Å². The first-order valence-corrected chi connectivity index (χ1v) is 14.9. The number of hydrogen-bond acceptors (Lipinski definition) is 8. The van der Waals surface area contributed by atoms with Gasteiger partial charge in [-0.3, -0.25) is 0 Å². The lowest BCUT2D eigenvalue weighted by molar-refractivity contribution is 0.350. The number of fused-ring (bicyclic) bond motifs is 6. The molecule has 0 aromatic heterocycles. The molecule has 0 saturated heterocycles. The second-order valence-corrected chi connectivity index (χ2v) is 12.5. The zero-order valence-electron chi connectivity index (χ0n) is 25.2. The summed E-state index contributed by atoms with van der Waals surface area (Å²) in [5.41, 5.74) is 4.40. The molecule has 47 heavy (non-hydrogen) atoms. The van der Waals surface area contributed by atoms with Crippen molar-refractivity contribution in [2.24, 2.45) is 0 Å². The molecule has 0 fully saturated rings. The third-order valence-electron chi connectivity index (χ3n) is 9.72. The van der Waals surface area contributed by atoms with Crippen molar-refractivity contribution in [3.8, 4) is 79.4 Å². The van der Waals surface area contributed by atoms with E-state index in [1.807, 2.05) is 54.6 Å². The van der Waals surface area contributed by atoms with Crippen molar-refractivity contribution in [3.63, 3.8) is 0 Å². The largest absolute Gasteiger partial charge is 0.504 e. The molecule has 0 unspecified atom stereocenters. The third-order valence-corrected chi connectivity index (χ3v) is 9.72. The van der Waals surface area contributed by atoms with Crippen LogP contribution in [0.5, 0.6) is 46.0 Å². The molecule has 8 rings (SSSR count). The van der Waals surface area contributed by atoms with Crippen molar-refractivity contribution in [2.75, 3.05) is 0 Å². The molecule has 0 radical (unpaired) electrons. The average molecular weight is 625 g/mol. The van der Waals surface area contributed by atoms with Crippen LogP contribution in [0.4, 0.5) is 0 Å². The van der Waals surface area contributed by atoms with E-state index in [4.69, 9.17) is 0 Å². The predicted molar refractivity (Wildman–Crippen MR) is 181 cm³/mol. The number of phenolic OH excluding ortho intramolecular Hbond substituents is 8. The molecule has 0 amide bonds. The maximum Gasteiger partial charge on any atom is 0.204 e. The van der Waals surface area contributed by atoms with E-state index in [9.17, 15) is 40.9 Å². The minimum atomic E-state index is -1.00. The summed E-state index contributed by atoms with van der Waals surface area (Å²) in [7, 11) is 0. The van der Waals surface area contributed by atoms with E-state index >= 15 is 0 Å². The Hall–Kier alpha value is -6.28. The molecule has 0 bridgehead atoms. The summed E-state index contributed by atoms with van der Waals surface area (Å²) in [6.45, 7) is 4.14. The molecule has 8 N–H and O–H groups in total. The molecule has 0 spiro atoms. The molecule has 232 valence electrons. The standard InChI is InChI=1S/C39H28O8/c1-39(2)23-13-6-5-11-20(23)21-15-14-18(16-24(21)39)25-27-29(33(42)37(46)35(44)31(27)40)26(22-12-7-9-17-8-3-4-10-19(17)22)30-28(25)32(41)36(45)38(47)34(30)43/h3-16,40-47H,1-2H3. The normalized spacial score (nSPS) is 13.3. The number of aromatic hydroxyl groups is 8. The minimum absolute atomic E-state index is 0.0237. The van der Waals surface area contributed by atoms with E-state index < -0.39 is 51.4 Å². The maximum atomic E-state index is 11.6. The molecule has 0 saturated carbocycles. The highest BCUT2D eigenvalue weighted by Gasteiger charge is 2.37. The summed E-state index contributed by atoms with van der Waals surface area (Å²) in [5.74, 6) is -7.21. The van der Waals surface area contributed by atoms with Gasteiger partial charge >= 0.3 is 0 Å². The Morgan fingerprint density at radius 2 is 0.872 bits per heavy atom. The van der Waals surface area contributed by atoms with Crippen molar-refractivity contribution in [3.05, 3.63) is 96.1 Å². The van der Waals surface area contributed by atoms with E-state index in [1.54, 1.807) is 30.3 Å². The molecule has 8 heteroatoms. The van der Waals surface area contributed by atoms with Gasteiger partial charge in [-0.2, -0.15) is 0 Å². The van der Waals surface area contributed by atoms with Gasteiger partial charge in [0.1, 0.15) is 0 Å².